The summed E-state index contributed by atoms with van der Waals surface area (Å²) in [6.07, 6.45) is 0. The molecule has 382 valence electrons. The van der Waals surface area contributed by atoms with E-state index in [9.17, 15) is 0 Å². The van der Waals surface area contributed by atoms with Gasteiger partial charge in [0.1, 0.15) is 0 Å². The van der Waals surface area contributed by atoms with Gasteiger partial charge in [0.2, 0.25) is 0 Å². The van der Waals surface area contributed by atoms with Crippen molar-refractivity contribution in [3.8, 4) is 119 Å². The standard InChI is InChI=1S/C69H42F2N10/c70-56-33-19-32-53(60(56)71)52-37-34-51(69-79-65(47-28-15-5-16-29-47)74-66(80-69)48-30-17-6-18-31-48)42-59(52)81-57-38-35-49(67-75-61(43-20-7-1-8-21-43)72-62(76-67)44-22-9-2-10-23-44)40-54(57)55-41-50(36-39-58(55)81)68-77-63(45-24-11-3-12-25-45)73-64(78-68)46-26-13-4-14-27-46/h1-42H. The Hall–Kier alpha value is -11.1. The Morgan fingerprint density at radius 1 is 0.235 bits per heavy atom. The van der Waals surface area contributed by atoms with Crippen molar-refractivity contribution in [2.24, 2.45) is 0 Å². The summed E-state index contributed by atoms with van der Waals surface area (Å²) in [5.41, 5.74) is 9.56. The van der Waals surface area contributed by atoms with Crippen LogP contribution in [0.15, 0.2) is 255 Å². The molecule has 0 saturated heterocycles. The second kappa shape index (κ2) is 20.7. The maximum absolute atomic E-state index is 16.5. The summed E-state index contributed by atoms with van der Waals surface area (Å²) in [6.45, 7) is 0. The molecule has 14 aromatic rings. The quantitative estimate of drug-likeness (QED) is 0.125. The van der Waals surface area contributed by atoms with Crippen LogP contribution in [0.2, 0.25) is 0 Å². The summed E-state index contributed by atoms with van der Waals surface area (Å²) >= 11 is 0. The molecular formula is C69H42F2N10. The summed E-state index contributed by atoms with van der Waals surface area (Å²) in [7, 11) is 0. The van der Waals surface area contributed by atoms with Crippen LogP contribution in [0.5, 0.6) is 0 Å². The highest BCUT2D eigenvalue weighted by molar-refractivity contribution is 6.12. The molecule has 0 aliphatic heterocycles. The van der Waals surface area contributed by atoms with Gasteiger partial charge in [-0.15, -0.1) is 0 Å². The average molecular weight is 1050 g/mol. The molecule has 0 unspecified atom stereocenters. The van der Waals surface area contributed by atoms with Crippen molar-refractivity contribution in [3.05, 3.63) is 266 Å². The zero-order chi connectivity index (χ0) is 54.2. The van der Waals surface area contributed by atoms with Crippen LogP contribution in [0.1, 0.15) is 0 Å². The molecule has 0 N–H and O–H groups in total. The highest BCUT2D eigenvalue weighted by Gasteiger charge is 2.24. The smallest absolute Gasteiger partial charge is 0.166 e. The number of fused-ring (bicyclic) bond motifs is 3. The summed E-state index contributed by atoms with van der Waals surface area (Å²) < 4.78 is 34.1. The Morgan fingerprint density at radius 2 is 0.519 bits per heavy atom. The lowest BCUT2D eigenvalue weighted by Crippen LogP contribution is -2.03. The van der Waals surface area contributed by atoms with Crippen molar-refractivity contribution in [1.29, 1.82) is 0 Å². The van der Waals surface area contributed by atoms with Crippen molar-refractivity contribution in [1.82, 2.24) is 49.4 Å². The van der Waals surface area contributed by atoms with Crippen LogP contribution in [-0.4, -0.2) is 49.4 Å². The minimum Gasteiger partial charge on any atom is -0.309 e. The molecule has 0 aliphatic carbocycles. The van der Waals surface area contributed by atoms with Crippen LogP contribution in [0.4, 0.5) is 8.78 Å². The van der Waals surface area contributed by atoms with Crippen LogP contribution in [0, 0.1) is 11.6 Å². The molecule has 4 aromatic heterocycles. The number of halogens is 2. The van der Waals surface area contributed by atoms with Crippen LogP contribution >= 0.6 is 0 Å². The van der Waals surface area contributed by atoms with Gasteiger partial charge in [-0.25, -0.2) is 53.6 Å². The fraction of sp³-hybridized carbons (Fsp3) is 0. The highest BCUT2D eigenvalue weighted by atomic mass is 19.2. The summed E-state index contributed by atoms with van der Waals surface area (Å²) in [6, 6.07) is 80.8. The van der Waals surface area contributed by atoms with Crippen LogP contribution in [-0.2, 0) is 0 Å². The Morgan fingerprint density at radius 3 is 0.840 bits per heavy atom. The van der Waals surface area contributed by atoms with E-state index in [2.05, 4.69) is 16.7 Å². The molecule has 0 atom stereocenters. The first-order chi connectivity index (χ1) is 40.0. The Kier molecular flexibility index (Phi) is 12.3. The first kappa shape index (κ1) is 48.3. The lowest BCUT2D eigenvalue weighted by Gasteiger charge is -2.17. The van der Waals surface area contributed by atoms with Crippen molar-refractivity contribution < 1.29 is 8.78 Å². The number of rotatable bonds is 11. The second-order valence-corrected chi connectivity index (χ2v) is 19.2. The van der Waals surface area contributed by atoms with Crippen LogP contribution in [0.25, 0.3) is 141 Å². The molecule has 12 heteroatoms. The van der Waals surface area contributed by atoms with E-state index in [0.29, 0.717) is 69.2 Å². The number of aromatic nitrogens is 10. The maximum Gasteiger partial charge on any atom is 0.166 e. The zero-order valence-electron chi connectivity index (χ0n) is 43.0. The lowest BCUT2D eigenvalue weighted by atomic mass is 9.99. The maximum atomic E-state index is 16.5. The van der Waals surface area contributed by atoms with Crippen LogP contribution < -0.4 is 0 Å². The number of hydrogen-bond acceptors (Lipinski definition) is 9. The van der Waals surface area contributed by atoms with E-state index in [1.165, 1.54) is 6.07 Å². The first-order valence-corrected chi connectivity index (χ1v) is 26.2. The topological polar surface area (TPSA) is 121 Å². The van der Waals surface area contributed by atoms with Gasteiger partial charge in [0.05, 0.1) is 16.7 Å². The van der Waals surface area contributed by atoms with E-state index < -0.39 is 11.6 Å². The van der Waals surface area contributed by atoms with Gasteiger partial charge in [-0.1, -0.05) is 206 Å². The van der Waals surface area contributed by atoms with Crippen LogP contribution in [0.3, 0.4) is 0 Å². The second-order valence-electron chi connectivity index (χ2n) is 19.2. The van der Waals surface area contributed by atoms with E-state index in [1.807, 2.05) is 218 Å². The normalized spacial score (nSPS) is 11.3. The van der Waals surface area contributed by atoms with Crippen molar-refractivity contribution in [2.75, 3.05) is 0 Å². The van der Waals surface area contributed by atoms with Gasteiger partial charge in [0, 0.05) is 72.0 Å². The minimum absolute atomic E-state index is 0.0736. The molecule has 81 heavy (non-hydrogen) atoms. The summed E-state index contributed by atoms with van der Waals surface area (Å²) in [5, 5.41) is 1.61. The predicted octanol–water partition coefficient (Wildman–Crippen LogP) is 16.3. The minimum atomic E-state index is -0.980. The van der Waals surface area contributed by atoms with Gasteiger partial charge in [-0.05, 0) is 48.5 Å². The fourth-order valence-corrected chi connectivity index (χ4v) is 10.2. The lowest BCUT2D eigenvalue weighted by molar-refractivity contribution is 0.511. The predicted molar refractivity (Wildman–Crippen MR) is 315 cm³/mol. The average Bonchev–Trinajstić information content (AvgIpc) is 4.13. The number of nitrogens with zero attached hydrogens (tertiary/aromatic N) is 10. The van der Waals surface area contributed by atoms with Gasteiger partial charge in [-0.3, -0.25) is 0 Å². The first-order valence-electron chi connectivity index (χ1n) is 26.2. The van der Waals surface area contributed by atoms with Gasteiger partial charge in [-0.2, -0.15) is 0 Å². The molecule has 0 aliphatic rings. The van der Waals surface area contributed by atoms with E-state index >= 15 is 8.78 Å². The van der Waals surface area contributed by atoms with Gasteiger partial charge in [0.15, 0.2) is 64.1 Å². The molecule has 4 heterocycles. The zero-order valence-corrected chi connectivity index (χ0v) is 43.0. The van der Waals surface area contributed by atoms with E-state index in [1.54, 1.807) is 12.1 Å². The largest absolute Gasteiger partial charge is 0.309 e. The molecule has 0 bridgehead atoms. The summed E-state index contributed by atoms with van der Waals surface area (Å²) in [5.74, 6) is 2.39. The number of hydrogen-bond donors (Lipinski definition) is 0. The SMILES string of the molecule is Fc1cccc(-c2ccc(-c3nc(-c4ccccc4)nc(-c4ccccc4)n3)cc2-n2c3ccc(-c4nc(-c5ccccc5)nc(-c5ccccc5)n4)cc3c3cc(-c4nc(-c5ccccc5)nc(-c5ccccc5)n4)ccc32)c1F. The molecular weight excluding hydrogens is 1010 g/mol. The third-order valence-electron chi connectivity index (χ3n) is 14.1. The highest BCUT2D eigenvalue weighted by Crippen LogP contribution is 2.42. The van der Waals surface area contributed by atoms with Gasteiger partial charge < -0.3 is 4.57 Å². The fourth-order valence-electron chi connectivity index (χ4n) is 10.2. The van der Waals surface area contributed by atoms with Crippen molar-refractivity contribution in [3.63, 3.8) is 0 Å². The molecule has 0 radical (unpaired) electrons. The molecule has 0 spiro atoms. The van der Waals surface area contributed by atoms with Gasteiger partial charge >= 0.3 is 0 Å². The monoisotopic (exact) mass is 1050 g/mol. The Balaban J connectivity index is 1.04. The van der Waals surface area contributed by atoms with Crippen molar-refractivity contribution in [2.45, 2.75) is 0 Å². The van der Waals surface area contributed by atoms with E-state index in [0.717, 1.165) is 72.4 Å². The molecule has 10 nitrogen and oxygen atoms in total. The van der Waals surface area contributed by atoms with E-state index in [-0.39, 0.29) is 5.56 Å². The molecule has 0 fully saturated rings. The Labute approximate surface area is 463 Å². The molecule has 0 saturated carbocycles. The molecule has 14 rings (SSSR count). The third kappa shape index (κ3) is 9.32. The molecule has 0 amide bonds. The Bertz CT molecular complexity index is 4290. The summed E-state index contributed by atoms with van der Waals surface area (Å²) in [4.78, 5) is 45.5. The van der Waals surface area contributed by atoms with Crippen molar-refractivity contribution >= 4 is 21.8 Å². The number of benzene rings is 10. The molecule has 10 aromatic carbocycles. The van der Waals surface area contributed by atoms with E-state index in [4.69, 9.17) is 44.9 Å². The third-order valence-corrected chi connectivity index (χ3v) is 14.1. The van der Waals surface area contributed by atoms with Gasteiger partial charge in [0.25, 0.3) is 0 Å².